The maximum atomic E-state index is 6.36. The van der Waals surface area contributed by atoms with Crippen molar-refractivity contribution in [2.75, 3.05) is 13.1 Å². The van der Waals surface area contributed by atoms with Crippen molar-refractivity contribution < 1.29 is 0 Å². The van der Waals surface area contributed by atoms with E-state index in [1.807, 2.05) is 0 Å². The van der Waals surface area contributed by atoms with Gasteiger partial charge in [0.15, 0.2) is 0 Å². The molecular formula is C17H30N2. The summed E-state index contributed by atoms with van der Waals surface area (Å²) in [5.74, 6) is 0.678. The van der Waals surface area contributed by atoms with Crippen LogP contribution in [-0.2, 0) is 6.42 Å². The molecule has 0 bridgehead atoms. The molecule has 108 valence electrons. The fourth-order valence-corrected chi connectivity index (χ4v) is 2.32. The highest BCUT2D eigenvalue weighted by atomic mass is 15.2. The molecule has 1 aromatic rings. The van der Waals surface area contributed by atoms with Crippen LogP contribution >= 0.6 is 0 Å². The van der Waals surface area contributed by atoms with Gasteiger partial charge in [0, 0.05) is 25.2 Å². The van der Waals surface area contributed by atoms with Gasteiger partial charge >= 0.3 is 0 Å². The van der Waals surface area contributed by atoms with Crippen molar-refractivity contribution in [3.63, 3.8) is 0 Å². The zero-order valence-electron chi connectivity index (χ0n) is 13.2. The van der Waals surface area contributed by atoms with Gasteiger partial charge in [-0.25, -0.2) is 0 Å². The summed E-state index contributed by atoms with van der Waals surface area (Å²) < 4.78 is 0. The number of nitrogens with two attached hydrogens (primary N) is 1. The summed E-state index contributed by atoms with van der Waals surface area (Å²) in [5.41, 5.74) is 8.98. The number of aryl methyl sites for hydroxylation is 1. The van der Waals surface area contributed by atoms with E-state index in [4.69, 9.17) is 5.73 Å². The monoisotopic (exact) mass is 262 g/mol. The highest BCUT2D eigenvalue weighted by Crippen LogP contribution is 2.15. The molecule has 0 fully saturated rings. The molecule has 0 saturated carbocycles. The molecule has 0 aromatic heterocycles. The van der Waals surface area contributed by atoms with Crippen LogP contribution in [0.2, 0.25) is 0 Å². The zero-order chi connectivity index (χ0) is 14.4. The smallest absolute Gasteiger partial charge is 0.0424 e. The predicted molar refractivity (Wildman–Crippen MR) is 84.3 cm³/mol. The average molecular weight is 262 g/mol. The maximum absolute atomic E-state index is 6.36. The quantitative estimate of drug-likeness (QED) is 0.813. The molecule has 0 saturated heterocycles. The standard InChI is InChI=1S/C17H30N2/c1-6-15-7-9-16(10-8-15)17(18)12-19(14(4)5)11-13(2)3/h7-10,13-14,17H,6,11-12,18H2,1-5H3. The molecule has 0 aliphatic carbocycles. The van der Waals surface area contributed by atoms with Gasteiger partial charge in [-0.2, -0.15) is 0 Å². The molecule has 1 rings (SSSR count). The van der Waals surface area contributed by atoms with E-state index in [1.165, 1.54) is 11.1 Å². The highest BCUT2D eigenvalue weighted by Gasteiger charge is 2.16. The van der Waals surface area contributed by atoms with Crippen molar-refractivity contribution >= 4 is 0 Å². The second kappa shape index (κ2) is 7.66. The molecule has 0 amide bonds. The lowest BCUT2D eigenvalue weighted by atomic mass is 10.0. The normalized spacial score (nSPS) is 13.5. The Morgan fingerprint density at radius 2 is 1.58 bits per heavy atom. The van der Waals surface area contributed by atoms with E-state index in [2.05, 4.69) is 63.8 Å². The van der Waals surface area contributed by atoms with E-state index in [9.17, 15) is 0 Å². The molecule has 2 nitrogen and oxygen atoms in total. The fourth-order valence-electron chi connectivity index (χ4n) is 2.32. The van der Waals surface area contributed by atoms with E-state index >= 15 is 0 Å². The van der Waals surface area contributed by atoms with Gasteiger partial charge in [-0.15, -0.1) is 0 Å². The lowest BCUT2D eigenvalue weighted by molar-refractivity contribution is 0.186. The topological polar surface area (TPSA) is 29.3 Å². The molecule has 2 heteroatoms. The molecule has 0 spiro atoms. The Kier molecular flexibility index (Phi) is 6.53. The molecule has 0 aliphatic heterocycles. The molecule has 2 N–H and O–H groups in total. The lowest BCUT2D eigenvalue weighted by Gasteiger charge is -2.30. The Morgan fingerprint density at radius 3 is 2.00 bits per heavy atom. The van der Waals surface area contributed by atoms with Crippen LogP contribution in [0.5, 0.6) is 0 Å². The van der Waals surface area contributed by atoms with E-state index in [-0.39, 0.29) is 6.04 Å². The summed E-state index contributed by atoms with van der Waals surface area (Å²) in [5, 5.41) is 0. The summed E-state index contributed by atoms with van der Waals surface area (Å²) in [6, 6.07) is 9.39. The SMILES string of the molecule is CCc1ccc(C(N)CN(CC(C)C)C(C)C)cc1. The molecule has 0 aliphatic rings. The minimum absolute atomic E-state index is 0.104. The van der Waals surface area contributed by atoms with Gasteiger partial charge in [-0.1, -0.05) is 45.0 Å². The van der Waals surface area contributed by atoms with Crippen LogP contribution in [0.15, 0.2) is 24.3 Å². The first-order valence-corrected chi connectivity index (χ1v) is 7.52. The Bertz CT molecular complexity index is 354. The second-order valence-corrected chi connectivity index (χ2v) is 6.14. The average Bonchev–Trinajstić information content (AvgIpc) is 2.37. The Balaban J connectivity index is 2.66. The van der Waals surface area contributed by atoms with Gasteiger partial charge in [0.05, 0.1) is 0 Å². The van der Waals surface area contributed by atoms with Crippen LogP contribution in [0.25, 0.3) is 0 Å². The molecular weight excluding hydrogens is 232 g/mol. The van der Waals surface area contributed by atoms with Gasteiger partial charge in [0.2, 0.25) is 0 Å². The molecule has 1 unspecified atom stereocenters. The van der Waals surface area contributed by atoms with Crippen molar-refractivity contribution in [3.8, 4) is 0 Å². The first-order chi connectivity index (χ1) is 8.93. The van der Waals surface area contributed by atoms with E-state index in [0.29, 0.717) is 12.0 Å². The van der Waals surface area contributed by atoms with Crippen LogP contribution in [0, 0.1) is 5.92 Å². The third-order valence-electron chi connectivity index (χ3n) is 3.58. The number of hydrogen-bond acceptors (Lipinski definition) is 2. The summed E-state index contributed by atoms with van der Waals surface area (Å²) >= 11 is 0. The summed E-state index contributed by atoms with van der Waals surface area (Å²) in [6.07, 6.45) is 1.08. The zero-order valence-corrected chi connectivity index (χ0v) is 13.2. The van der Waals surface area contributed by atoms with Gasteiger partial charge < -0.3 is 5.73 Å². The van der Waals surface area contributed by atoms with Crippen LogP contribution < -0.4 is 5.73 Å². The first-order valence-electron chi connectivity index (χ1n) is 7.52. The molecule has 1 aromatic carbocycles. The number of hydrogen-bond donors (Lipinski definition) is 1. The third kappa shape index (κ3) is 5.33. The van der Waals surface area contributed by atoms with Crippen molar-refractivity contribution in [3.05, 3.63) is 35.4 Å². The Labute approximate surface area is 119 Å². The van der Waals surface area contributed by atoms with Crippen molar-refractivity contribution in [2.45, 2.75) is 53.1 Å². The van der Waals surface area contributed by atoms with Gasteiger partial charge in [-0.3, -0.25) is 4.90 Å². The van der Waals surface area contributed by atoms with Crippen LogP contribution in [-0.4, -0.2) is 24.0 Å². The van der Waals surface area contributed by atoms with E-state index in [1.54, 1.807) is 0 Å². The second-order valence-electron chi connectivity index (χ2n) is 6.14. The third-order valence-corrected chi connectivity index (χ3v) is 3.58. The predicted octanol–water partition coefficient (Wildman–Crippen LogP) is 3.62. The van der Waals surface area contributed by atoms with Crippen LogP contribution in [0.4, 0.5) is 0 Å². The van der Waals surface area contributed by atoms with Crippen molar-refractivity contribution in [1.82, 2.24) is 4.90 Å². The number of nitrogens with zero attached hydrogens (tertiary/aromatic N) is 1. The van der Waals surface area contributed by atoms with E-state index in [0.717, 1.165) is 19.5 Å². The first kappa shape index (κ1) is 16.2. The maximum Gasteiger partial charge on any atom is 0.0424 e. The van der Waals surface area contributed by atoms with Gasteiger partial charge in [0.25, 0.3) is 0 Å². The fraction of sp³-hybridized carbons (Fsp3) is 0.647. The molecule has 19 heavy (non-hydrogen) atoms. The minimum Gasteiger partial charge on any atom is -0.323 e. The van der Waals surface area contributed by atoms with Crippen molar-refractivity contribution in [2.24, 2.45) is 11.7 Å². The van der Waals surface area contributed by atoms with Crippen molar-refractivity contribution in [1.29, 1.82) is 0 Å². The lowest BCUT2D eigenvalue weighted by Crippen LogP contribution is -2.39. The summed E-state index contributed by atoms with van der Waals surface area (Å²) in [6.45, 7) is 13.2. The molecule has 0 heterocycles. The number of rotatable bonds is 7. The largest absolute Gasteiger partial charge is 0.323 e. The molecule has 1 atom stereocenters. The van der Waals surface area contributed by atoms with Crippen LogP contribution in [0.3, 0.4) is 0 Å². The Morgan fingerprint density at radius 1 is 1.00 bits per heavy atom. The minimum atomic E-state index is 0.104. The van der Waals surface area contributed by atoms with Gasteiger partial charge in [0.1, 0.15) is 0 Å². The van der Waals surface area contributed by atoms with Crippen LogP contribution in [0.1, 0.15) is 51.8 Å². The van der Waals surface area contributed by atoms with Gasteiger partial charge in [-0.05, 0) is 37.3 Å². The molecule has 0 radical (unpaired) electrons. The van der Waals surface area contributed by atoms with E-state index < -0.39 is 0 Å². The summed E-state index contributed by atoms with van der Waals surface area (Å²) in [4.78, 5) is 2.48. The number of benzene rings is 1. The Hall–Kier alpha value is -0.860. The highest BCUT2D eigenvalue weighted by molar-refractivity contribution is 5.25. The summed E-state index contributed by atoms with van der Waals surface area (Å²) in [7, 11) is 0.